The molecule has 0 amide bonds. The van der Waals surface area contributed by atoms with Gasteiger partial charge >= 0.3 is 0 Å². The number of methoxy groups -OCH3 is 1. The maximum atomic E-state index is 6.77. The van der Waals surface area contributed by atoms with Gasteiger partial charge in [0.15, 0.2) is 20.9 Å². The highest BCUT2D eigenvalue weighted by molar-refractivity contribution is 6.74. The van der Waals surface area contributed by atoms with E-state index < -0.39 is 20.9 Å². The summed E-state index contributed by atoms with van der Waals surface area (Å²) in [7, 11) is -0.371. The lowest BCUT2D eigenvalue weighted by atomic mass is 10.0. The van der Waals surface area contributed by atoms with E-state index in [-0.39, 0.29) is 29.5 Å². The summed E-state index contributed by atoms with van der Waals surface area (Å²) in [4.78, 5) is 0. The fourth-order valence-corrected chi connectivity index (χ4v) is 5.33. The van der Waals surface area contributed by atoms with E-state index >= 15 is 0 Å². The molecule has 0 unspecified atom stereocenters. The maximum Gasteiger partial charge on any atom is 0.192 e. The van der Waals surface area contributed by atoms with Crippen LogP contribution in [0.2, 0.25) is 18.1 Å². The highest BCUT2D eigenvalue weighted by Crippen LogP contribution is 2.44. The number of hydrogen-bond donors (Lipinski definition) is 0. The molecular formula is C24H34O5Si. The molecule has 0 bridgehead atoms. The van der Waals surface area contributed by atoms with Gasteiger partial charge in [-0.2, -0.15) is 0 Å². The summed E-state index contributed by atoms with van der Waals surface area (Å²) in [6.45, 7) is 13.3. The van der Waals surface area contributed by atoms with Crippen molar-refractivity contribution >= 4 is 19.1 Å². The predicted octanol–water partition coefficient (Wildman–Crippen LogP) is 5.40. The Morgan fingerprint density at radius 3 is 2.23 bits per heavy atom. The third-order valence-electron chi connectivity index (χ3n) is 6.80. The fourth-order valence-electron chi connectivity index (χ4n) is 3.97. The summed E-state index contributed by atoms with van der Waals surface area (Å²) in [6, 6.07) is 14.6. The monoisotopic (exact) mass is 430 g/mol. The van der Waals surface area contributed by atoms with Crippen LogP contribution in [0.1, 0.15) is 39.5 Å². The number of hydrogen-bond acceptors (Lipinski definition) is 5. The summed E-state index contributed by atoms with van der Waals surface area (Å²) < 4.78 is 31.4. The summed E-state index contributed by atoms with van der Waals surface area (Å²) in [6.07, 6.45) is -1.88. The number of fused-ring (bicyclic) bond motifs is 2. The summed E-state index contributed by atoms with van der Waals surface area (Å²) in [5.41, 5.74) is 0.997. The SMILES string of the molecule is CO[C@@H]1O[C@@H](C)[C@H](O[Si](C)(C)C(C)(C)C)[C@H]2O[C@H](c3ccc4ccccc4c3)O[C@@H]12. The summed E-state index contributed by atoms with van der Waals surface area (Å²) in [5.74, 6) is 0. The van der Waals surface area contributed by atoms with Crippen LogP contribution in [0.4, 0.5) is 0 Å². The third-order valence-corrected chi connectivity index (χ3v) is 11.3. The first-order chi connectivity index (χ1) is 14.1. The van der Waals surface area contributed by atoms with E-state index in [4.69, 9.17) is 23.4 Å². The second-order valence-corrected chi connectivity index (χ2v) is 14.7. The average molecular weight is 431 g/mol. The lowest BCUT2D eigenvalue weighted by Crippen LogP contribution is -2.60. The number of benzene rings is 2. The van der Waals surface area contributed by atoms with Crippen molar-refractivity contribution in [1.82, 2.24) is 0 Å². The Bertz CT molecular complexity index is 893. The van der Waals surface area contributed by atoms with E-state index in [0.717, 1.165) is 5.56 Å². The van der Waals surface area contributed by atoms with Gasteiger partial charge in [0.25, 0.3) is 0 Å². The Morgan fingerprint density at radius 1 is 0.900 bits per heavy atom. The Labute approximate surface area is 180 Å². The standard InChI is InChI=1S/C24H34O5Si/c1-15-19(29-30(6,7)24(2,3)4)20-21(23(25-5)26-15)28-22(27-20)18-13-12-16-10-8-9-11-17(16)14-18/h8-15,19-23H,1-7H3/t15-,19-,20+,21+,22-,23+/m0/s1. The smallest absolute Gasteiger partial charge is 0.192 e. The van der Waals surface area contributed by atoms with E-state index in [2.05, 4.69) is 64.2 Å². The molecule has 0 aliphatic carbocycles. The zero-order chi connectivity index (χ0) is 21.7. The van der Waals surface area contributed by atoms with Crippen molar-refractivity contribution in [1.29, 1.82) is 0 Å². The minimum Gasteiger partial charge on any atom is -0.409 e. The topological polar surface area (TPSA) is 46.2 Å². The molecule has 30 heavy (non-hydrogen) atoms. The quantitative estimate of drug-likeness (QED) is 0.608. The molecule has 2 fully saturated rings. The molecule has 2 heterocycles. The van der Waals surface area contributed by atoms with Crippen molar-refractivity contribution in [3.63, 3.8) is 0 Å². The van der Waals surface area contributed by atoms with Gasteiger partial charge in [-0.25, -0.2) is 0 Å². The fraction of sp³-hybridized carbons (Fsp3) is 0.583. The molecule has 2 aromatic carbocycles. The maximum absolute atomic E-state index is 6.77. The van der Waals surface area contributed by atoms with Crippen molar-refractivity contribution < 1.29 is 23.4 Å². The van der Waals surface area contributed by atoms with E-state index in [1.165, 1.54) is 10.8 Å². The van der Waals surface area contributed by atoms with Crippen molar-refractivity contribution in [2.75, 3.05) is 7.11 Å². The first kappa shape index (κ1) is 21.9. The summed E-state index contributed by atoms with van der Waals surface area (Å²) >= 11 is 0. The molecule has 2 aromatic rings. The van der Waals surface area contributed by atoms with Gasteiger partial charge in [-0.1, -0.05) is 57.2 Å². The molecule has 164 valence electrons. The van der Waals surface area contributed by atoms with Crippen LogP contribution in [0.5, 0.6) is 0 Å². The molecule has 0 spiro atoms. The van der Waals surface area contributed by atoms with Crippen molar-refractivity contribution in [3.05, 3.63) is 48.0 Å². The molecule has 2 aliphatic rings. The van der Waals surface area contributed by atoms with Crippen molar-refractivity contribution in [2.45, 2.75) is 82.8 Å². The predicted molar refractivity (Wildman–Crippen MR) is 120 cm³/mol. The second kappa shape index (κ2) is 8.00. The minimum atomic E-state index is -2.02. The van der Waals surface area contributed by atoms with Gasteiger partial charge in [-0.05, 0) is 41.9 Å². The zero-order valence-corrected chi connectivity index (χ0v) is 20.0. The first-order valence-electron chi connectivity index (χ1n) is 10.8. The molecule has 0 radical (unpaired) electrons. The van der Waals surface area contributed by atoms with Crippen LogP contribution in [0.25, 0.3) is 10.8 Å². The highest BCUT2D eigenvalue weighted by atomic mass is 28.4. The van der Waals surface area contributed by atoms with Crippen LogP contribution >= 0.6 is 0 Å². The van der Waals surface area contributed by atoms with Gasteiger partial charge in [-0.3, -0.25) is 0 Å². The van der Waals surface area contributed by atoms with Crippen molar-refractivity contribution in [2.24, 2.45) is 0 Å². The van der Waals surface area contributed by atoms with Crippen LogP contribution < -0.4 is 0 Å². The second-order valence-electron chi connectivity index (χ2n) is 9.93. The van der Waals surface area contributed by atoms with Crippen molar-refractivity contribution in [3.8, 4) is 0 Å². The highest BCUT2D eigenvalue weighted by Gasteiger charge is 2.55. The molecule has 6 atom stereocenters. The van der Waals surface area contributed by atoms with Crippen LogP contribution in [0.3, 0.4) is 0 Å². The lowest BCUT2D eigenvalue weighted by Gasteiger charge is -2.46. The minimum absolute atomic E-state index is 0.0948. The van der Waals surface area contributed by atoms with Crippen LogP contribution in [-0.4, -0.2) is 46.1 Å². The van der Waals surface area contributed by atoms with Crippen LogP contribution in [-0.2, 0) is 23.4 Å². The number of ether oxygens (including phenoxy) is 4. The lowest BCUT2D eigenvalue weighted by molar-refractivity contribution is -0.259. The van der Waals surface area contributed by atoms with Gasteiger partial charge in [0, 0.05) is 12.7 Å². The average Bonchev–Trinajstić information content (AvgIpc) is 3.14. The van der Waals surface area contributed by atoms with E-state index in [0.29, 0.717) is 0 Å². The molecule has 6 heteroatoms. The van der Waals surface area contributed by atoms with Gasteiger partial charge in [0.2, 0.25) is 0 Å². The Hall–Kier alpha value is -1.28. The van der Waals surface area contributed by atoms with Gasteiger partial charge in [0.1, 0.15) is 18.3 Å². The number of rotatable bonds is 4. The first-order valence-corrected chi connectivity index (χ1v) is 13.7. The molecule has 5 nitrogen and oxygen atoms in total. The third kappa shape index (κ3) is 3.97. The molecule has 0 N–H and O–H groups in total. The molecule has 2 aliphatic heterocycles. The Morgan fingerprint density at radius 2 is 1.57 bits per heavy atom. The largest absolute Gasteiger partial charge is 0.409 e. The molecule has 0 saturated carbocycles. The molecule has 2 saturated heterocycles. The van der Waals surface area contributed by atoms with Gasteiger partial charge in [0.05, 0.1) is 6.10 Å². The normalized spacial score (nSPS) is 32.4. The zero-order valence-electron chi connectivity index (χ0n) is 19.0. The Balaban J connectivity index is 1.62. The van der Waals surface area contributed by atoms with E-state index in [1.807, 2.05) is 19.1 Å². The Kier molecular flexibility index (Phi) is 5.85. The molecule has 4 rings (SSSR count). The van der Waals surface area contributed by atoms with Crippen LogP contribution in [0, 0.1) is 0 Å². The van der Waals surface area contributed by atoms with Crippen LogP contribution in [0.15, 0.2) is 42.5 Å². The van der Waals surface area contributed by atoms with Gasteiger partial charge < -0.3 is 23.4 Å². The molecule has 0 aromatic heterocycles. The van der Waals surface area contributed by atoms with Gasteiger partial charge in [-0.15, -0.1) is 0 Å². The molecular weight excluding hydrogens is 396 g/mol. The van der Waals surface area contributed by atoms with E-state index in [9.17, 15) is 0 Å². The summed E-state index contributed by atoms with van der Waals surface area (Å²) in [5, 5.41) is 2.46. The van der Waals surface area contributed by atoms with E-state index in [1.54, 1.807) is 7.11 Å².